The lowest BCUT2D eigenvalue weighted by molar-refractivity contribution is -0.526. The van der Waals surface area contributed by atoms with Gasteiger partial charge in [-0.15, -0.1) is 16.4 Å². The zero-order valence-electron chi connectivity index (χ0n) is 26.2. The van der Waals surface area contributed by atoms with Gasteiger partial charge < -0.3 is 4.48 Å². The van der Waals surface area contributed by atoms with Crippen molar-refractivity contribution in [3.05, 3.63) is 229 Å². The highest BCUT2D eigenvalue weighted by Crippen LogP contribution is 2.54. The number of rotatable bonds is 7. The molecule has 0 spiro atoms. The Kier molecular flexibility index (Phi) is 7.53. The van der Waals surface area contributed by atoms with E-state index in [0.29, 0.717) is 0 Å². The molecule has 1 nitrogen and oxygen atoms in total. The Hall–Kier alpha value is -5.99. The molecule has 0 saturated heterocycles. The Morgan fingerprint density at radius 2 is 0.638 bits per heavy atom. The van der Waals surface area contributed by atoms with Crippen molar-refractivity contribution in [3.63, 3.8) is 0 Å². The molecule has 0 amide bonds. The van der Waals surface area contributed by atoms with Gasteiger partial charge in [0.05, 0.1) is 0 Å². The van der Waals surface area contributed by atoms with E-state index in [1.807, 2.05) is 0 Å². The minimum Gasteiger partial charge on any atom is -0.408 e. The first kappa shape index (κ1) is 28.5. The maximum Gasteiger partial charge on any atom is 0.362 e. The first-order valence-corrected chi connectivity index (χ1v) is 16.4. The summed E-state index contributed by atoms with van der Waals surface area (Å²) in [4.78, 5) is 0. The van der Waals surface area contributed by atoms with Crippen LogP contribution in [0.1, 0.15) is 22.3 Å². The minimum absolute atomic E-state index is 1.17. The van der Waals surface area contributed by atoms with Crippen LogP contribution in [0.5, 0.6) is 0 Å². The summed E-state index contributed by atoms with van der Waals surface area (Å²) in [6.45, 7) is 0. The molecule has 0 aliphatic carbocycles. The van der Waals surface area contributed by atoms with Gasteiger partial charge in [0.15, 0.2) is 5.69 Å². The standard InChI is InChI=1S/C45H34BN/c1-7-21-35(22-8-1)41-33-19-20-34-47(41)46(40-31-17-6-18-32-40)44(38-27-13-4-14-28-38)42(36-23-9-2-10-24-36)43(37-25-11-3-12-26-37)45(46)39-29-15-5-16-30-39/h1-34H. The summed E-state index contributed by atoms with van der Waals surface area (Å²) in [7, 11) is 0. The molecule has 0 radical (unpaired) electrons. The van der Waals surface area contributed by atoms with Gasteiger partial charge in [0, 0.05) is 11.6 Å². The van der Waals surface area contributed by atoms with Crippen LogP contribution in [0.2, 0.25) is 0 Å². The zero-order chi connectivity index (χ0) is 31.5. The Morgan fingerprint density at radius 3 is 1.06 bits per heavy atom. The molecule has 8 rings (SSSR count). The summed E-state index contributed by atoms with van der Waals surface area (Å²) in [6.07, 6.45) is 0.461. The third-order valence-corrected chi connectivity index (χ3v) is 9.58. The Labute approximate surface area is 277 Å². The molecule has 7 aromatic rings. The summed E-state index contributed by atoms with van der Waals surface area (Å²) in [5, 5.41) is 0. The fraction of sp³-hybridized carbons (Fsp3) is 0. The van der Waals surface area contributed by atoms with Crippen LogP contribution in [0.4, 0.5) is 0 Å². The first-order valence-electron chi connectivity index (χ1n) is 16.4. The number of pyridine rings is 1. The first-order chi connectivity index (χ1) is 23.4. The van der Waals surface area contributed by atoms with Crippen LogP contribution in [0.15, 0.2) is 206 Å². The maximum atomic E-state index is 2.59. The van der Waals surface area contributed by atoms with E-state index < -0.39 is 6.28 Å². The molecule has 222 valence electrons. The molecule has 1 aliphatic rings. The molecule has 0 N–H and O–H groups in total. The van der Waals surface area contributed by atoms with Crippen LogP contribution < -0.4 is 9.94 Å². The molecule has 2 heterocycles. The fourth-order valence-corrected chi connectivity index (χ4v) is 7.80. The van der Waals surface area contributed by atoms with Gasteiger partial charge in [-0.2, -0.15) is 0 Å². The van der Waals surface area contributed by atoms with Gasteiger partial charge in [-0.25, -0.2) is 0 Å². The zero-order valence-corrected chi connectivity index (χ0v) is 26.2. The lowest BCUT2D eigenvalue weighted by Gasteiger charge is -2.39. The Morgan fingerprint density at radius 1 is 0.298 bits per heavy atom. The van der Waals surface area contributed by atoms with Crippen molar-refractivity contribution in [1.29, 1.82) is 0 Å². The molecule has 0 unspecified atom stereocenters. The molecule has 0 bridgehead atoms. The van der Waals surface area contributed by atoms with Crippen molar-refractivity contribution in [1.82, 2.24) is 0 Å². The fourth-order valence-electron chi connectivity index (χ4n) is 7.80. The van der Waals surface area contributed by atoms with E-state index in [2.05, 4.69) is 211 Å². The van der Waals surface area contributed by atoms with Crippen molar-refractivity contribution >= 4 is 33.8 Å². The predicted octanol–water partition coefficient (Wildman–Crippen LogP) is 9.66. The largest absolute Gasteiger partial charge is 0.408 e. The van der Waals surface area contributed by atoms with E-state index >= 15 is 0 Å². The Balaban J connectivity index is 1.67. The summed E-state index contributed by atoms with van der Waals surface area (Å²) < 4.78 is 2.59. The molecular formula is C45H34BN. The van der Waals surface area contributed by atoms with Crippen LogP contribution in [0.25, 0.3) is 33.3 Å². The highest BCUT2D eigenvalue weighted by Gasteiger charge is 2.54. The summed E-state index contributed by atoms with van der Waals surface area (Å²) in [5.74, 6) is 0. The second-order valence-corrected chi connectivity index (χ2v) is 12.1. The average Bonchev–Trinajstić information content (AvgIpc) is 3.50. The van der Waals surface area contributed by atoms with Crippen LogP contribution in [0.3, 0.4) is 0 Å². The van der Waals surface area contributed by atoms with E-state index in [9.17, 15) is 0 Å². The second kappa shape index (κ2) is 12.4. The topological polar surface area (TPSA) is 3.88 Å². The predicted molar refractivity (Wildman–Crippen MR) is 199 cm³/mol. The number of hydrogen-bond acceptors (Lipinski definition) is 0. The Bertz CT molecular complexity index is 2090. The number of hydrogen-bond donors (Lipinski definition) is 0. The highest BCUT2D eigenvalue weighted by molar-refractivity contribution is 7.17. The van der Waals surface area contributed by atoms with Crippen LogP contribution in [-0.4, -0.2) is 6.28 Å². The van der Waals surface area contributed by atoms with Crippen molar-refractivity contribution < 1.29 is 4.48 Å². The monoisotopic (exact) mass is 599 g/mol. The van der Waals surface area contributed by atoms with Gasteiger partial charge >= 0.3 is 6.28 Å². The van der Waals surface area contributed by atoms with Crippen LogP contribution in [-0.2, 0) is 0 Å². The normalized spacial score (nSPS) is 14.0. The summed E-state index contributed by atoms with van der Waals surface area (Å²) in [5.41, 5.74) is 13.6. The van der Waals surface area contributed by atoms with Gasteiger partial charge in [-0.1, -0.05) is 187 Å². The van der Waals surface area contributed by atoms with Gasteiger partial charge in [0.25, 0.3) is 0 Å². The van der Waals surface area contributed by atoms with Gasteiger partial charge in [-0.05, 0) is 40.5 Å². The van der Waals surface area contributed by atoms with Gasteiger partial charge in [0.2, 0.25) is 0 Å². The summed E-state index contributed by atoms with van der Waals surface area (Å²) in [6, 6.07) is 72.7. The third-order valence-electron chi connectivity index (χ3n) is 9.58. The van der Waals surface area contributed by atoms with Crippen LogP contribution in [0, 0.1) is 0 Å². The minimum atomic E-state index is -1.84. The van der Waals surface area contributed by atoms with Crippen LogP contribution >= 0.6 is 0 Å². The molecule has 6 aromatic carbocycles. The maximum absolute atomic E-state index is 2.59. The van der Waals surface area contributed by atoms with Crippen molar-refractivity contribution in [3.8, 4) is 11.3 Å². The van der Waals surface area contributed by atoms with Crippen molar-refractivity contribution in [2.75, 3.05) is 0 Å². The number of benzene rings is 6. The number of nitrogens with zero attached hydrogens (tertiary/aromatic N) is 1. The molecule has 47 heavy (non-hydrogen) atoms. The lowest BCUT2D eigenvalue weighted by Crippen LogP contribution is -2.73. The lowest BCUT2D eigenvalue weighted by atomic mass is 9.22. The van der Waals surface area contributed by atoms with E-state index in [-0.39, 0.29) is 0 Å². The van der Waals surface area contributed by atoms with E-state index in [0.717, 1.165) is 0 Å². The molecular weight excluding hydrogens is 565 g/mol. The quantitative estimate of drug-likeness (QED) is 0.161. The highest BCUT2D eigenvalue weighted by atomic mass is 14.9. The molecule has 2 heteroatoms. The SMILES string of the molecule is c1ccc(C2=C(c3ccccc3)[B-](c3ccccc3)([n+]3ccccc3-c3ccccc3)C(c3ccccc3)=C2c2ccccc2)cc1. The van der Waals surface area contributed by atoms with Crippen molar-refractivity contribution in [2.24, 2.45) is 0 Å². The van der Waals surface area contributed by atoms with E-state index in [4.69, 9.17) is 0 Å². The molecule has 0 atom stereocenters. The number of aromatic nitrogens is 1. The van der Waals surface area contributed by atoms with E-state index in [1.54, 1.807) is 0 Å². The molecule has 1 aromatic heterocycles. The molecule has 1 aliphatic heterocycles. The van der Waals surface area contributed by atoms with E-state index in [1.165, 1.54) is 61.1 Å². The van der Waals surface area contributed by atoms with Gasteiger partial charge in [-0.3, -0.25) is 0 Å². The number of allylic oxidation sites excluding steroid dienone is 2. The van der Waals surface area contributed by atoms with Crippen molar-refractivity contribution in [2.45, 2.75) is 0 Å². The average molecular weight is 600 g/mol. The molecule has 0 fully saturated rings. The third kappa shape index (κ3) is 4.87. The second-order valence-electron chi connectivity index (χ2n) is 12.1. The van der Waals surface area contributed by atoms with Gasteiger partial charge in [0.1, 0.15) is 6.20 Å². The molecule has 0 saturated carbocycles. The smallest absolute Gasteiger partial charge is 0.362 e. The summed E-state index contributed by atoms with van der Waals surface area (Å²) >= 11 is 0.